The first-order valence-electron chi connectivity index (χ1n) is 8.69. The lowest BCUT2D eigenvalue weighted by atomic mass is 9.96. The van der Waals surface area contributed by atoms with Gasteiger partial charge in [-0.05, 0) is 12.5 Å². The summed E-state index contributed by atoms with van der Waals surface area (Å²) < 4.78 is 13.3. The predicted molar refractivity (Wildman–Crippen MR) is 93.9 cm³/mol. The van der Waals surface area contributed by atoms with Crippen LogP contribution in [0.15, 0.2) is 36.5 Å². The van der Waals surface area contributed by atoms with Gasteiger partial charge in [0.25, 0.3) is 0 Å². The minimum Gasteiger partial charge on any atom is -0.384 e. The highest BCUT2D eigenvalue weighted by atomic mass is 16.5. The van der Waals surface area contributed by atoms with Crippen molar-refractivity contribution in [3.63, 3.8) is 0 Å². The first-order valence-corrected chi connectivity index (χ1v) is 8.69. The molecule has 1 aliphatic heterocycles. The van der Waals surface area contributed by atoms with Crippen molar-refractivity contribution in [1.29, 1.82) is 0 Å². The van der Waals surface area contributed by atoms with Crippen molar-refractivity contribution >= 4 is 0 Å². The number of hydrogen-bond acceptors (Lipinski definition) is 4. The molecule has 1 aromatic heterocycles. The van der Waals surface area contributed by atoms with Gasteiger partial charge in [-0.25, -0.2) is 0 Å². The molecular weight excluding hydrogens is 302 g/mol. The highest BCUT2D eigenvalue weighted by Gasteiger charge is 2.27. The smallest absolute Gasteiger partial charge is 0.0800 e. The highest BCUT2D eigenvalue weighted by Crippen LogP contribution is 2.27. The molecule has 0 aliphatic carbocycles. The van der Waals surface area contributed by atoms with E-state index < -0.39 is 0 Å². The maximum absolute atomic E-state index is 5.83. The van der Waals surface area contributed by atoms with Crippen LogP contribution in [0, 0.1) is 0 Å². The van der Waals surface area contributed by atoms with Crippen molar-refractivity contribution in [2.24, 2.45) is 0 Å². The Morgan fingerprint density at radius 1 is 1.25 bits per heavy atom. The highest BCUT2D eigenvalue weighted by molar-refractivity contribution is 5.25. The summed E-state index contributed by atoms with van der Waals surface area (Å²) in [6.07, 6.45) is 2.18. The molecule has 0 bridgehead atoms. The lowest BCUT2D eigenvalue weighted by Gasteiger charge is -2.31. The summed E-state index contributed by atoms with van der Waals surface area (Å²) in [7, 11) is 1.77. The van der Waals surface area contributed by atoms with Crippen LogP contribution < -0.4 is 0 Å². The molecule has 1 atom stereocenters. The quantitative estimate of drug-likeness (QED) is 0.698. The molecule has 0 radical (unpaired) electrons. The number of hydrogen-bond donors (Lipinski definition) is 0. The van der Waals surface area contributed by atoms with Crippen LogP contribution in [-0.4, -0.2) is 48.1 Å². The van der Waals surface area contributed by atoms with Crippen molar-refractivity contribution in [2.75, 3.05) is 33.4 Å². The zero-order valence-electron chi connectivity index (χ0n) is 14.6. The first-order chi connectivity index (χ1) is 11.8. The normalized spacial score (nSPS) is 17.8. The van der Waals surface area contributed by atoms with Gasteiger partial charge in [0.1, 0.15) is 0 Å². The molecule has 130 valence electrons. The Kier molecular flexibility index (Phi) is 6.01. The largest absolute Gasteiger partial charge is 0.384 e. The van der Waals surface area contributed by atoms with Gasteiger partial charge in [0.2, 0.25) is 0 Å². The SMILES string of the molecule is CCn1cc2c(n1)CN(CCOCc1ccccc1)C[C@H]2COC. The van der Waals surface area contributed by atoms with Gasteiger partial charge in [0.05, 0.1) is 25.5 Å². The van der Waals surface area contributed by atoms with E-state index >= 15 is 0 Å². The van der Waals surface area contributed by atoms with Gasteiger partial charge >= 0.3 is 0 Å². The summed E-state index contributed by atoms with van der Waals surface area (Å²) in [5.74, 6) is 0.396. The second kappa shape index (κ2) is 8.42. The van der Waals surface area contributed by atoms with Crippen LogP contribution in [0.25, 0.3) is 0 Å². The van der Waals surface area contributed by atoms with Crippen LogP contribution in [0.1, 0.15) is 29.7 Å². The summed E-state index contributed by atoms with van der Waals surface area (Å²) >= 11 is 0. The van der Waals surface area contributed by atoms with Gasteiger partial charge < -0.3 is 9.47 Å². The van der Waals surface area contributed by atoms with Gasteiger partial charge in [-0.15, -0.1) is 0 Å². The fourth-order valence-electron chi connectivity index (χ4n) is 3.26. The summed E-state index contributed by atoms with van der Waals surface area (Å²) in [6.45, 7) is 8.01. The molecule has 0 saturated carbocycles. The predicted octanol–water partition coefficient (Wildman–Crippen LogP) is 2.67. The minimum atomic E-state index is 0.396. The van der Waals surface area contributed by atoms with E-state index in [4.69, 9.17) is 14.6 Å². The van der Waals surface area contributed by atoms with E-state index in [1.165, 1.54) is 16.8 Å². The lowest BCUT2D eigenvalue weighted by molar-refractivity contribution is 0.0764. The van der Waals surface area contributed by atoms with Crippen LogP contribution in [0.5, 0.6) is 0 Å². The molecule has 0 N–H and O–H groups in total. The molecule has 0 unspecified atom stereocenters. The Morgan fingerprint density at radius 3 is 2.83 bits per heavy atom. The molecule has 2 heterocycles. The molecule has 1 aliphatic rings. The van der Waals surface area contributed by atoms with E-state index in [1.807, 2.05) is 22.9 Å². The molecule has 3 rings (SSSR count). The Bertz CT molecular complexity index is 627. The maximum atomic E-state index is 5.83. The summed E-state index contributed by atoms with van der Waals surface area (Å²) in [4.78, 5) is 2.42. The van der Waals surface area contributed by atoms with E-state index in [1.54, 1.807) is 7.11 Å². The van der Waals surface area contributed by atoms with E-state index in [9.17, 15) is 0 Å². The third kappa shape index (κ3) is 4.23. The number of aromatic nitrogens is 2. The first kappa shape index (κ1) is 17.1. The topological polar surface area (TPSA) is 39.5 Å². The van der Waals surface area contributed by atoms with Crippen molar-refractivity contribution in [3.8, 4) is 0 Å². The lowest BCUT2D eigenvalue weighted by Crippen LogP contribution is -2.37. The minimum absolute atomic E-state index is 0.396. The van der Waals surface area contributed by atoms with E-state index in [-0.39, 0.29) is 0 Å². The second-order valence-electron chi connectivity index (χ2n) is 6.31. The molecular formula is C19H27N3O2. The third-order valence-electron chi connectivity index (χ3n) is 4.52. The van der Waals surface area contributed by atoms with Crippen molar-refractivity contribution < 1.29 is 9.47 Å². The Balaban J connectivity index is 1.53. The summed E-state index contributed by atoms with van der Waals surface area (Å²) in [6, 6.07) is 10.3. The van der Waals surface area contributed by atoms with Gasteiger partial charge in [0, 0.05) is 51.0 Å². The van der Waals surface area contributed by atoms with Gasteiger partial charge in [-0.2, -0.15) is 5.10 Å². The fourth-order valence-corrected chi connectivity index (χ4v) is 3.26. The molecule has 0 spiro atoms. The van der Waals surface area contributed by atoms with Gasteiger partial charge in [-0.3, -0.25) is 9.58 Å². The standard InChI is InChI=1S/C19H27N3O2/c1-3-22-12-18-17(15-23-2)11-21(13-19(18)20-22)9-10-24-14-16-7-5-4-6-8-16/h4-8,12,17H,3,9-11,13-15H2,1-2H3/t17-/m0/s1. The molecule has 0 fully saturated rings. The van der Waals surface area contributed by atoms with Gasteiger partial charge in [-0.1, -0.05) is 30.3 Å². The molecule has 5 nitrogen and oxygen atoms in total. The molecule has 24 heavy (non-hydrogen) atoms. The number of ether oxygens (including phenoxy) is 2. The average Bonchev–Trinajstić information content (AvgIpc) is 3.03. The Labute approximate surface area is 144 Å². The Morgan fingerprint density at radius 2 is 2.08 bits per heavy atom. The van der Waals surface area contributed by atoms with Crippen molar-refractivity contribution in [1.82, 2.24) is 14.7 Å². The zero-order valence-corrected chi connectivity index (χ0v) is 14.6. The van der Waals surface area contributed by atoms with Crippen molar-refractivity contribution in [2.45, 2.75) is 32.5 Å². The molecule has 1 aromatic carbocycles. The monoisotopic (exact) mass is 329 g/mol. The molecule has 0 saturated heterocycles. The Hall–Kier alpha value is -1.69. The van der Waals surface area contributed by atoms with E-state index in [2.05, 4.69) is 30.2 Å². The van der Waals surface area contributed by atoms with E-state index in [0.717, 1.165) is 39.4 Å². The molecule has 0 amide bonds. The van der Waals surface area contributed by atoms with Crippen LogP contribution in [0.3, 0.4) is 0 Å². The number of methoxy groups -OCH3 is 1. The van der Waals surface area contributed by atoms with Crippen LogP contribution in [0.4, 0.5) is 0 Å². The number of rotatable bonds is 8. The molecule has 2 aromatic rings. The fraction of sp³-hybridized carbons (Fsp3) is 0.526. The number of benzene rings is 1. The van der Waals surface area contributed by atoms with Crippen molar-refractivity contribution in [3.05, 3.63) is 53.3 Å². The van der Waals surface area contributed by atoms with Crippen LogP contribution >= 0.6 is 0 Å². The van der Waals surface area contributed by atoms with E-state index in [0.29, 0.717) is 12.5 Å². The zero-order chi connectivity index (χ0) is 16.8. The molecule has 5 heteroatoms. The number of fused-ring (bicyclic) bond motifs is 1. The third-order valence-corrected chi connectivity index (χ3v) is 4.52. The van der Waals surface area contributed by atoms with Crippen LogP contribution in [-0.2, 0) is 29.2 Å². The second-order valence-corrected chi connectivity index (χ2v) is 6.31. The maximum Gasteiger partial charge on any atom is 0.0800 e. The number of aryl methyl sites for hydroxylation is 1. The summed E-state index contributed by atoms with van der Waals surface area (Å²) in [5, 5.41) is 4.71. The van der Waals surface area contributed by atoms with Crippen LogP contribution in [0.2, 0.25) is 0 Å². The average molecular weight is 329 g/mol. The summed E-state index contributed by atoms with van der Waals surface area (Å²) in [5.41, 5.74) is 3.76. The number of nitrogens with zero attached hydrogens (tertiary/aromatic N) is 3. The van der Waals surface area contributed by atoms with Gasteiger partial charge in [0.15, 0.2) is 0 Å².